The molecule has 2 saturated heterocycles. The number of H-pyrrole nitrogens is 1. The SMILES string of the molecule is O=C1[C@H]2Cc3c([nH]c4ccccc34)[C@H](c3ccc(Cl)cc3)N2C(=S)N1C[C@@H]1CCCO1. The molecule has 1 amide bonds. The van der Waals surface area contributed by atoms with Gasteiger partial charge in [-0.25, -0.2) is 0 Å². The molecular weight excluding hydrogens is 430 g/mol. The zero-order chi connectivity index (χ0) is 21.1. The highest BCUT2D eigenvalue weighted by Gasteiger charge is 2.50. The molecule has 0 bridgehead atoms. The van der Waals surface area contributed by atoms with Crippen molar-refractivity contribution in [2.45, 2.75) is 37.5 Å². The molecule has 0 radical (unpaired) electrons. The Labute approximate surface area is 190 Å². The van der Waals surface area contributed by atoms with Crippen molar-refractivity contribution >= 4 is 45.7 Å². The number of aromatic nitrogens is 1. The van der Waals surface area contributed by atoms with Gasteiger partial charge in [0.25, 0.3) is 5.91 Å². The first-order valence-electron chi connectivity index (χ1n) is 10.7. The topological polar surface area (TPSA) is 48.6 Å². The van der Waals surface area contributed by atoms with Crippen LogP contribution in [0.1, 0.15) is 35.7 Å². The Hall–Kier alpha value is -2.41. The van der Waals surface area contributed by atoms with Crippen LogP contribution >= 0.6 is 23.8 Å². The predicted octanol–water partition coefficient (Wildman–Crippen LogP) is 4.44. The minimum absolute atomic E-state index is 0.0656. The van der Waals surface area contributed by atoms with Crippen LogP contribution in [0.3, 0.4) is 0 Å². The number of hydrogen-bond acceptors (Lipinski definition) is 3. The third kappa shape index (κ3) is 3.00. The molecule has 3 aliphatic heterocycles. The molecule has 0 saturated carbocycles. The average molecular weight is 452 g/mol. The Morgan fingerprint density at radius 2 is 1.97 bits per heavy atom. The van der Waals surface area contributed by atoms with E-state index in [1.807, 2.05) is 36.4 Å². The number of nitrogens with zero attached hydrogens (tertiary/aromatic N) is 2. The van der Waals surface area contributed by atoms with Crippen LogP contribution < -0.4 is 0 Å². The Morgan fingerprint density at radius 3 is 2.74 bits per heavy atom. The number of carbonyl (C=O) groups excluding carboxylic acids is 1. The zero-order valence-electron chi connectivity index (χ0n) is 16.9. The third-order valence-corrected chi connectivity index (χ3v) is 7.41. The number of benzene rings is 2. The molecule has 3 aliphatic rings. The largest absolute Gasteiger partial charge is 0.376 e. The van der Waals surface area contributed by atoms with Gasteiger partial charge in [0.05, 0.1) is 18.7 Å². The molecule has 0 aliphatic carbocycles. The number of nitrogens with one attached hydrogen (secondary N) is 1. The zero-order valence-corrected chi connectivity index (χ0v) is 18.5. The Bertz CT molecular complexity index is 1190. The van der Waals surface area contributed by atoms with Crippen LogP contribution in [0.25, 0.3) is 10.9 Å². The van der Waals surface area contributed by atoms with Crippen molar-refractivity contribution in [2.75, 3.05) is 13.2 Å². The number of fused-ring (bicyclic) bond motifs is 4. The molecule has 0 spiro atoms. The maximum Gasteiger partial charge on any atom is 0.251 e. The summed E-state index contributed by atoms with van der Waals surface area (Å²) in [4.78, 5) is 21.1. The van der Waals surface area contributed by atoms with E-state index in [4.69, 9.17) is 28.6 Å². The molecular formula is C24H22ClN3O2S. The highest BCUT2D eigenvalue weighted by Crippen LogP contribution is 2.44. The number of hydrogen-bond donors (Lipinski definition) is 1. The van der Waals surface area contributed by atoms with E-state index in [2.05, 4.69) is 22.0 Å². The number of ether oxygens (including phenoxy) is 1. The maximum absolute atomic E-state index is 13.5. The van der Waals surface area contributed by atoms with Crippen LogP contribution in [0, 0.1) is 0 Å². The van der Waals surface area contributed by atoms with Crippen molar-refractivity contribution in [2.24, 2.45) is 0 Å². The lowest BCUT2D eigenvalue weighted by Gasteiger charge is -2.37. The quantitative estimate of drug-likeness (QED) is 0.598. The highest BCUT2D eigenvalue weighted by atomic mass is 35.5. The monoisotopic (exact) mass is 451 g/mol. The summed E-state index contributed by atoms with van der Waals surface area (Å²) in [5.74, 6) is 0.0791. The number of amides is 1. The van der Waals surface area contributed by atoms with Crippen molar-refractivity contribution in [1.82, 2.24) is 14.8 Å². The van der Waals surface area contributed by atoms with Crippen LogP contribution in [0.5, 0.6) is 0 Å². The molecule has 7 heteroatoms. The van der Waals surface area contributed by atoms with Gasteiger partial charge in [0, 0.05) is 34.6 Å². The second-order valence-corrected chi connectivity index (χ2v) is 9.31. The van der Waals surface area contributed by atoms with Crippen molar-refractivity contribution in [1.29, 1.82) is 0 Å². The Balaban J connectivity index is 1.47. The first kappa shape index (κ1) is 19.3. The average Bonchev–Trinajstić information content (AvgIpc) is 3.48. The minimum Gasteiger partial charge on any atom is -0.376 e. The molecule has 1 aromatic heterocycles. The van der Waals surface area contributed by atoms with E-state index in [0.717, 1.165) is 36.2 Å². The van der Waals surface area contributed by atoms with Gasteiger partial charge in [0.15, 0.2) is 5.11 Å². The first-order chi connectivity index (χ1) is 15.1. The van der Waals surface area contributed by atoms with Crippen molar-refractivity contribution in [3.8, 4) is 0 Å². The van der Waals surface area contributed by atoms with Crippen LogP contribution in [-0.4, -0.2) is 51.1 Å². The van der Waals surface area contributed by atoms with E-state index in [1.54, 1.807) is 4.90 Å². The van der Waals surface area contributed by atoms with Gasteiger partial charge in [0.1, 0.15) is 6.04 Å². The molecule has 3 atom stereocenters. The van der Waals surface area contributed by atoms with Crippen LogP contribution in [0.15, 0.2) is 48.5 Å². The predicted molar refractivity (Wildman–Crippen MR) is 124 cm³/mol. The van der Waals surface area contributed by atoms with Crippen LogP contribution in [0.2, 0.25) is 5.02 Å². The number of carbonyl (C=O) groups is 1. The van der Waals surface area contributed by atoms with E-state index in [1.165, 1.54) is 10.9 Å². The van der Waals surface area contributed by atoms with Crippen molar-refractivity contribution in [3.05, 3.63) is 70.4 Å². The summed E-state index contributed by atoms with van der Waals surface area (Å²) in [6.07, 6.45) is 2.72. The summed E-state index contributed by atoms with van der Waals surface area (Å²) >= 11 is 12.1. The van der Waals surface area contributed by atoms with Gasteiger partial charge in [-0.05, 0) is 54.4 Å². The summed E-state index contributed by atoms with van der Waals surface area (Å²) in [5.41, 5.74) is 4.46. The van der Waals surface area contributed by atoms with Crippen LogP contribution in [-0.2, 0) is 16.0 Å². The summed E-state index contributed by atoms with van der Waals surface area (Å²) in [7, 11) is 0. The fourth-order valence-corrected chi connectivity index (χ4v) is 5.80. The van der Waals surface area contributed by atoms with E-state index in [9.17, 15) is 4.79 Å². The number of thiocarbonyl (C=S) groups is 1. The molecule has 0 unspecified atom stereocenters. The second kappa shape index (κ2) is 7.33. The third-order valence-electron chi connectivity index (χ3n) is 6.73. The molecule has 31 heavy (non-hydrogen) atoms. The molecule has 3 aromatic rings. The maximum atomic E-state index is 13.5. The van der Waals surface area contributed by atoms with Gasteiger partial charge in [-0.1, -0.05) is 41.9 Å². The smallest absolute Gasteiger partial charge is 0.251 e. The molecule has 2 fully saturated rings. The van der Waals surface area contributed by atoms with Gasteiger partial charge in [0.2, 0.25) is 0 Å². The lowest BCUT2D eigenvalue weighted by atomic mass is 9.89. The molecule has 1 N–H and O–H groups in total. The molecule has 6 rings (SSSR count). The fraction of sp³-hybridized carbons (Fsp3) is 0.333. The lowest BCUT2D eigenvalue weighted by molar-refractivity contribution is -0.129. The van der Waals surface area contributed by atoms with E-state index in [0.29, 0.717) is 23.1 Å². The van der Waals surface area contributed by atoms with Gasteiger partial charge in [-0.3, -0.25) is 9.69 Å². The highest BCUT2D eigenvalue weighted by molar-refractivity contribution is 7.80. The summed E-state index contributed by atoms with van der Waals surface area (Å²) < 4.78 is 5.80. The number of para-hydroxylation sites is 1. The first-order valence-corrected chi connectivity index (χ1v) is 11.5. The molecule has 5 nitrogen and oxygen atoms in total. The lowest BCUT2D eigenvalue weighted by Crippen LogP contribution is -2.44. The normalized spacial score (nSPS) is 25.4. The standard InChI is InChI=1S/C24H22ClN3O2S/c25-15-9-7-14(8-10-15)22-21-18(17-5-1-2-6-19(17)26-21)12-20-23(29)27(24(31)28(20)22)13-16-4-3-11-30-16/h1-2,5-10,16,20,22,26H,3-4,11-13H2/t16-,20+,22-/m0/s1. The van der Waals surface area contributed by atoms with E-state index in [-0.39, 0.29) is 24.1 Å². The Kier molecular flexibility index (Phi) is 4.56. The Morgan fingerprint density at radius 1 is 1.16 bits per heavy atom. The second-order valence-electron chi connectivity index (χ2n) is 8.51. The number of rotatable bonds is 3. The molecule has 4 heterocycles. The fourth-order valence-electron chi connectivity index (χ4n) is 5.28. The molecule has 2 aromatic carbocycles. The molecule has 158 valence electrons. The number of aromatic amines is 1. The van der Waals surface area contributed by atoms with Gasteiger partial charge >= 0.3 is 0 Å². The van der Waals surface area contributed by atoms with Crippen molar-refractivity contribution in [3.63, 3.8) is 0 Å². The van der Waals surface area contributed by atoms with Gasteiger partial charge in [-0.2, -0.15) is 0 Å². The van der Waals surface area contributed by atoms with E-state index >= 15 is 0 Å². The van der Waals surface area contributed by atoms with E-state index < -0.39 is 0 Å². The summed E-state index contributed by atoms with van der Waals surface area (Å²) in [6.45, 7) is 1.29. The summed E-state index contributed by atoms with van der Waals surface area (Å²) in [6, 6.07) is 15.7. The summed E-state index contributed by atoms with van der Waals surface area (Å²) in [5, 5.41) is 2.45. The number of halogens is 1. The van der Waals surface area contributed by atoms with Gasteiger partial charge < -0.3 is 14.6 Å². The van der Waals surface area contributed by atoms with Gasteiger partial charge in [-0.15, -0.1) is 0 Å². The van der Waals surface area contributed by atoms with Crippen LogP contribution in [0.4, 0.5) is 0 Å². The van der Waals surface area contributed by atoms with Crippen molar-refractivity contribution < 1.29 is 9.53 Å². The minimum atomic E-state index is -0.304.